The summed E-state index contributed by atoms with van der Waals surface area (Å²) in [5.41, 5.74) is -0.912. The molecule has 1 saturated heterocycles. The van der Waals surface area contributed by atoms with E-state index in [1.165, 1.54) is 6.07 Å². The summed E-state index contributed by atoms with van der Waals surface area (Å²) in [5.74, 6) is -0.944. The Kier molecular flexibility index (Phi) is 4.87. The first-order chi connectivity index (χ1) is 10.6. The zero-order valence-electron chi connectivity index (χ0n) is 12.9. The first-order valence-electron chi connectivity index (χ1n) is 7.04. The Morgan fingerprint density at radius 1 is 1.35 bits per heavy atom. The van der Waals surface area contributed by atoms with Crippen molar-refractivity contribution in [1.82, 2.24) is 15.5 Å². The Morgan fingerprint density at radius 2 is 2.00 bits per heavy atom. The predicted octanol–water partition coefficient (Wildman–Crippen LogP) is 2.29. The number of halogens is 2. The molecule has 2 N–H and O–H groups in total. The number of carbonyl (C=O) groups is 3. The third-order valence-electron chi connectivity index (χ3n) is 3.50. The minimum atomic E-state index is -1.34. The van der Waals surface area contributed by atoms with Crippen LogP contribution in [-0.2, 0) is 15.1 Å². The number of benzene rings is 1. The molecule has 1 aliphatic rings. The fourth-order valence-corrected chi connectivity index (χ4v) is 3.03. The lowest BCUT2D eigenvalue weighted by molar-refractivity contribution is -0.135. The fraction of sp³-hybridized carbons (Fsp3) is 0.400. The zero-order valence-corrected chi connectivity index (χ0v) is 14.5. The number of amides is 4. The van der Waals surface area contributed by atoms with Crippen molar-refractivity contribution in [2.45, 2.75) is 32.4 Å². The van der Waals surface area contributed by atoms with Gasteiger partial charge >= 0.3 is 6.03 Å². The monoisotopic (exact) mass is 357 g/mol. The van der Waals surface area contributed by atoms with Crippen molar-refractivity contribution in [3.63, 3.8) is 0 Å². The molecule has 23 heavy (non-hydrogen) atoms. The van der Waals surface area contributed by atoms with Crippen LogP contribution in [0.1, 0.15) is 26.3 Å². The predicted molar refractivity (Wildman–Crippen MR) is 87.3 cm³/mol. The average Bonchev–Trinajstić information content (AvgIpc) is 2.62. The van der Waals surface area contributed by atoms with E-state index in [0.29, 0.717) is 10.6 Å². The van der Waals surface area contributed by atoms with E-state index in [1.54, 1.807) is 32.9 Å². The van der Waals surface area contributed by atoms with Gasteiger partial charge in [-0.1, -0.05) is 29.3 Å². The molecule has 1 unspecified atom stereocenters. The summed E-state index contributed by atoms with van der Waals surface area (Å²) < 4.78 is 0. The van der Waals surface area contributed by atoms with E-state index in [9.17, 15) is 14.4 Å². The van der Waals surface area contributed by atoms with E-state index in [1.807, 2.05) is 0 Å². The Morgan fingerprint density at radius 3 is 2.57 bits per heavy atom. The molecule has 1 aromatic rings. The van der Waals surface area contributed by atoms with Gasteiger partial charge in [0.25, 0.3) is 5.91 Å². The highest BCUT2D eigenvalue weighted by Crippen LogP contribution is 2.34. The largest absolute Gasteiger partial charge is 0.352 e. The summed E-state index contributed by atoms with van der Waals surface area (Å²) in [6.45, 7) is 4.79. The van der Waals surface area contributed by atoms with E-state index in [2.05, 4.69) is 10.6 Å². The van der Waals surface area contributed by atoms with Crippen LogP contribution < -0.4 is 10.6 Å². The van der Waals surface area contributed by atoms with Gasteiger partial charge in [-0.2, -0.15) is 0 Å². The van der Waals surface area contributed by atoms with Crippen molar-refractivity contribution in [2.24, 2.45) is 0 Å². The number of hydrogen-bond donors (Lipinski definition) is 2. The molecule has 0 spiro atoms. The van der Waals surface area contributed by atoms with E-state index in [-0.39, 0.29) is 17.6 Å². The molecule has 4 amide bonds. The average molecular weight is 358 g/mol. The quantitative estimate of drug-likeness (QED) is 0.811. The van der Waals surface area contributed by atoms with Gasteiger partial charge in [0.1, 0.15) is 12.1 Å². The number of nitrogens with one attached hydrogen (secondary N) is 2. The molecular formula is C15H17Cl2N3O3. The standard InChI is InChI=1S/C15H17Cl2N3O3/c1-8(2)18-12(21)7-20-13(22)15(3,19-14(20)23)10-5-4-9(16)6-11(10)17/h4-6,8H,7H2,1-3H3,(H,18,21)(H,19,23). The lowest BCUT2D eigenvalue weighted by atomic mass is 9.92. The Balaban J connectivity index is 2.27. The second-order valence-electron chi connectivity index (χ2n) is 5.79. The van der Waals surface area contributed by atoms with Crippen molar-refractivity contribution in [2.75, 3.05) is 6.54 Å². The summed E-state index contributed by atoms with van der Waals surface area (Å²) in [6.07, 6.45) is 0. The second kappa shape index (κ2) is 6.37. The minimum absolute atomic E-state index is 0.0830. The molecule has 1 heterocycles. The van der Waals surface area contributed by atoms with Gasteiger partial charge < -0.3 is 10.6 Å². The van der Waals surface area contributed by atoms with Crippen molar-refractivity contribution in [3.8, 4) is 0 Å². The van der Waals surface area contributed by atoms with Crippen LogP contribution in [0.2, 0.25) is 10.0 Å². The van der Waals surface area contributed by atoms with Gasteiger partial charge in [0.05, 0.1) is 0 Å². The highest BCUT2D eigenvalue weighted by Gasteiger charge is 2.50. The topological polar surface area (TPSA) is 78.5 Å². The number of imide groups is 1. The van der Waals surface area contributed by atoms with Crippen molar-refractivity contribution >= 4 is 41.0 Å². The van der Waals surface area contributed by atoms with Crippen LogP contribution in [-0.4, -0.2) is 35.3 Å². The van der Waals surface area contributed by atoms with Crippen molar-refractivity contribution in [3.05, 3.63) is 33.8 Å². The Bertz CT molecular complexity index is 678. The normalized spacial score (nSPS) is 20.9. The fourth-order valence-electron chi connectivity index (χ4n) is 2.43. The lowest BCUT2D eigenvalue weighted by Crippen LogP contribution is -2.44. The molecule has 1 aliphatic heterocycles. The summed E-state index contributed by atoms with van der Waals surface area (Å²) in [7, 11) is 0. The van der Waals surface area contributed by atoms with Crippen LogP contribution in [0.4, 0.5) is 4.79 Å². The molecule has 0 radical (unpaired) electrons. The van der Waals surface area contributed by atoms with Crippen LogP contribution in [0.3, 0.4) is 0 Å². The summed E-state index contributed by atoms with van der Waals surface area (Å²) in [6, 6.07) is 3.95. The number of urea groups is 1. The van der Waals surface area contributed by atoms with Gasteiger partial charge in [-0.25, -0.2) is 4.79 Å². The molecule has 1 fully saturated rings. The van der Waals surface area contributed by atoms with Gasteiger partial charge in [-0.05, 0) is 32.9 Å². The lowest BCUT2D eigenvalue weighted by Gasteiger charge is -2.23. The number of carbonyl (C=O) groups excluding carboxylic acids is 3. The van der Waals surface area contributed by atoms with E-state index >= 15 is 0 Å². The maximum atomic E-state index is 12.7. The van der Waals surface area contributed by atoms with Gasteiger partial charge in [-0.3, -0.25) is 14.5 Å². The number of nitrogens with zero attached hydrogens (tertiary/aromatic N) is 1. The second-order valence-corrected chi connectivity index (χ2v) is 6.64. The molecule has 0 saturated carbocycles. The molecule has 0 aromatic heterocycles. The van der Waals surface area contributed by atoms with Gasteiger partial charge in [0.15, 0.2) is 0 Å². The van der Waals surface area contributed by atoms with Crippen LogP contribution in [0.5, 0.6) is 0 Å². The minimum Gasteiger partial charge on any atom is -0.352 e. The molecule has 1 aromatic carbocycles. The smallest absolute Gasteiger partial charge is 0.325 e. The maximum Gasteiger partial charge on any atom is 0.325 e. The molecule has 8 heteroatoms. The van der Waals surface area contributed by atoms with E-state index < -0.39 is 23.4 Å². The first kappa shape index (κ1) is 17.6. The Labute approximate surface area is 144 Å². The van der Waals surface area contributed by atoms with E-state index in [0.717, 1.165) is 4.90 Å². The number of hydrogen-bond acceptors (Lipinski definition) is 3. The number of rotatable bonds is 4. The van der Waals surface area contributed by atoms with Gasteiger partial charge in [0, 0.05) is 21.7 Å². The zero-order chi connectivity index (χ0) is 17.4. The highest BCUT2D eigenvalue weighted by molar-refractivity contribution is 6.35. The van der Waals surface area contributed by atoms with Gasteiger partial charge in [0.2, 0.25) is 5.91 Å². The molecule has 0 bridgehead atoms. The molecule has 2 rings (SSSR count). The van der Waals surface area contributed by atoms with Crippen molar-refractivity contribution in [1.29, 1.82) is 0 Å². The summed E-state index contributed by atoms with van der Waals surface area (Å²) in [4.78, 5) is 37.5. The maximum absolute atomic E-state index is 12.7. The van der Waals surface area contributed by atoms with Crippen LogP contribution in [0, 0.1) is 0 Å². The molecule has 0 aliphatic carbocycles. The summed E-state index contributed by atoms with van der Waals surface area (Å²) in [5, 5.41) is 5.92. The molecule has 1 atom stereocenters. The van der Waals surface area contributed by atoms with Crippen LogP contribution >= 0.6 is 23.2 Å². The van der Waals surface area contributed by atoms with Crippen LogP contribution in [0.25, 0.3) is 0 Å². The first-order valence-corrected chi connectivity index (χ1v) is 7.79. The van der Waals surface area contributed by atoms with Crippen molar-refractivity contribution < 1.29 is 14.4 Å². The van der Waals surface area contributed by atoms with Gasteiger partial charge in [-0.15, -0.1) is 0 Å². The van der Waals surface area contributed by atoms with Crippen LogP contribution in [0.15, 0.2) is 18.2 Å². The third-order valence-corrected chi connectivity index (χ3v) is 4.04. The molecule has 6 nitrogen and oxygen atoms in total. The Hall–Kier alpha value is -1.79. The SMILES string of the molecule is CC(C)NC(=O)CN1C(=O)NC(C)(c2ccc(Cl)cc2Cl)C1=O. The molecule has 124 valence electrons. The molecular weight excluding hydrogens is 341 g/mol. The third kappa shape index (κ3) is 3.43. The van der Waals surface area contributed by atoms with E-state index in [4.69, 9.17) is 23.2 Å². The summed E-state index contributed by atoms with van der Waals surface area (Å²) >= 11 is 12.0. The highest BCUT2D eigenvalue weighted by atomic mass is 35.5.